The minimum Gasteiger partial charge on any atom is -0.379 e. The Morgan fingerprint density at radius 1 is 1.11 bits per heavy atom. The predicted molar refractivity (Wildman–Crippen MR) is 106 cm³/mol. The normalized spacial score (nSPS) is 17.4. The molecule has 1 N–H and O–H groups in total. The minimum absolute atomic E-state index is 0.0682. The number of aromatic nitrogens is 1. The van der Waals surface area contributed by atoms with Crippen LogP contribution in [0.2, 0.25) is 0 Å². The second-order valence-electron chi connectivity index (χ2n) is 7.00. The third-order valence-electron chi connectivity index (χ3n) is 5.21. The number of carbonyl (C=O) groups is 1. The zero-order valence-corrected chi connectivity index (χ0v) is 15.6. The highest BCUT2D eigenvalue weighted by molar-refractivity contribution is 5.94. The number of nitrogens with zero attached hydrogens (tertiary/aromatic N) is 3. The van der Waals surface area contributed by atoms with Gasteiger partial charge in [-0.2, -0.15) is 0 Å². The number of rotatable bonds is 5. The average molecular weight is 366 g/mol. The van der Waals surface area contributed by atoms with E-state index >= 15 is 0 Å². The zero-order chi connectivity index (χ0) is 18.5. The molecule has 0 unspecified atom stereocenters. The van der Waals surface area contributed by atoms with E-state index in [0.29, 0.717) is 12.1 Å². The van der Waals surface area contributed by atoms with E-state index in [2.05, 4.69) is 44.4 Å². The van der Waals surface area contributed by atoms with Gasteiger partial charge in [0, 0.05) is 44.6 Å². The first-order valence-electron chi connectivity index (χ1n) is 9.71. The Kier molecular flexibility index (Phi) is 5.65. The Labute approximate surface area is 160 Å². The summed E-state index contributed by atoms with van der Waals surface area (Å²) in [6, 6.07) is 12.3. The van der Waals surface area contributed by atoms with Crippen molar-refractivity contribution in [1.29, 1.82) is 0 Å². The highest BCUT2D eigenvalue weighted by atomic mass is 16.5. The van der Waals surface area contributed by atoms with E-state index in [1.165, 1.54) is 11.3 Å². The van der Waals surface area contributed by atoms with Crippen LogP contribution in [0.4, 0.5) is 11.5 Å². The fourth-order valence-corrected chi connectivity index (χ4v) is 3.71. The molecule has 1 amide bonds. The van der Waals surface area contributed by atoms with E-state index in [9.17, 15) is 4.79 Å². The van der Waals surface area contributed by atoms with Crippen molar-refractivity contribution in [2.24, 2.45) is 0 Å². The molecule has 0 saturated carbocycles. The van der Waals surface area contributed by atoms with Crippen LogP contribution in [-0.2, 0) is 11.2 Å². The Balaban J connectivity index is 1.35. The molecule has 3 heterocycles. The summed E-state index contributed by atoms with van der Waals surface area (Å²) in [5, 5.41) is 2.99. The van der Waals surface area contributed by atoms with Gasteiger partial charge in [0.05, 0.1) is 18.8 Å². The largest absolute Gasteiger partial charge is 0.379 e. The van der Waals surface area contributed by atoms with Crippen molar-refractivity contribution in [3.8, 4) is 0 Å². The van der Waals surface area contributed by atoms with Gasteiger partial charge >= 0.3 is 0 Å². The molecule has 1 aromatic heterocycles. The van der Waals surface area contributed by atoms with Gasteiger partial charge in [0.1, 0.15) is 5.82 Å². The molecule has 2 aliphatic heterocycles. The number of morpholine rings is 1. The fourth-order valence-electron chi connectivity index (χ4n) is 3.71. The number of nitrogens with one attached hydrogen (secondary N) is 1. The van der Waals surface area contributed by atoms with E-state index in [0.717, 1.165) is 58.1 Å². The lowest BCUT2D eigenvalue weighted by atomic mass is 10.0. The smallest absolute Gasteiger partial charge is 0.252 e. The van der Waals surface area contributed by atoms with Gasteiger partial charge in [-0.25, -0.2) is 4.98 Å². The SMILES string of the molecule is O=C(NCCN1CCOCC1)c1ccc(N2CCCc3ccccc32)nc1. The third kappa shape index (κ3) is 4.28. The Morgan fingerprint density at radius 2 is 1.96 bits per heavy atom. The lowest BCUT2D eigenvalue weighted by Gasteiger charge is -2.30. The Bertz CT molecular complexity index is 772. The number of ether oxygens (including phenoxy) is 1. The van der Waals surface area contributed by atoms with E-state index < -0.39 is 0 Å². The molecule has 0 atom stereocenters. The molecule has 6 nitrogen and oxygen atoms in total. The topological polar surface area (TPSA) is 57.7 Å². The molecule has 2 aromatic rings. The third-order valence-corrected chi connectivity index (χ3v) is 5.21. The molecule has 1 aromatic carbocycles. The van der Waals surface area contributed by atoms with Crippen molar-refractivity contribution in [3.63, 3.8) is 0 Å². The highest BCUT2D eigenvalue weighted by Gasteiger charge is 2.19. The van der Waals surface area contributed by atoms with Gasteiger partial charge in [0.2, 0.25) is 0 Å². The summed E-state index contributed by atoms with van der Waals surface area (Å²) in [4.78, 5) is 21.5. The van der Waals surface area contributed by atoms with Crippen molar-refractivity contribution < 1.29 is 9.53 Å². The molecule has 27 heavy (non-hydrogen) atoms. The summed E-state index contributed by atoms with van der Waals surface area (Å²) in [6.45, 7) is 5.87. The van der Waals surface area contributed by atoms with Crippen LogP contribution in [0, 0.1) is 0 Å². The lowest BCUT2D eigenvalue weighted by molar-refractivity contribution is 0.0383. The van der Waals surface area contributed by atoms with E-state index in [4.69, 9.17) is 4.74 Å². The molecule has 0 radical (unpaired) electrons. The fraction of sp³-hybridized carbons (Fsp3) is 0.429. The number of anilines is 2. The van der Waals surface area contributed by atoms with Crippen molar-refractivity contribution in [2.45, 2.75) is 12.8 Å². The van der Waals surface area contributed by atoms with Crippen LogP contribution < -0.4 is 10.2 Å². The van der Waals surface area contributed by atoms with Gasteiger partial charge in [-0.05, 0) is 36.6 Å². The first-order valence-corrected chi connectivity index (χ1v) is 9.71. The number of amides is 1. The minimum atomic E-state index is -0.0682. The van der Waals surface area contributed by atoms with Crippen LogP contribution in [0.5, 0.6) is 0 Å². The van der Waals surface area contributed by atoms with Crippen molar-refractivity contribution in [2.75, 3.05) is 50.8 Å². The number of carbonyl (C=O) groups excluding carboxylic acids is 1. The Hall–Kier alpha value is -2.44. The number of pyridine rings is 1. The van der Waals surface area contributed by atoms with Crippen molar-refractivity contribution in [1.82, 2.24) is 15.2 Å². The van der Waals surface area contributed by atoms with Crippen LogP contribution in [0.25, 0.3) is 0 Å². The second kappa shape index (κ2) is 8.50. The van der Waals surface area contributed by atoms with Crippen LogP contribution in [-0.4, -0.2) is 61.7 Å². The van der Waals surface area contributed by atoms with Crippen molar-refractivity contribution in [3.05, 3.63) is 53.7 Å². The number of para-hydroxylation sites is 1. The lowest BCUT2D eigenvalue weighted by Crippen LogP contribution is -2.41. The van der Waals surface area contributed by atoms with Crippen LogP contribution in [0.3, 0.4) is 0 Å². The van der Waals surface area contributed by atoms with E-state index in [1.807, 2.05) is 12.1 Å². The van der Waals surface area contributed by atoms with Crippen LogP contribution >= 0.6 is 0 Å². The van der Waals surface area contributed by atoms with Crippen LogP contribution in [0.15, 0.2) is 42.6 Å². The number of hydrogen-bond acceptors (Lipinski definition) is 5. The van der Waals surface area contributed by atoms with Crippen LogP contribution in [0.1, 0.15) is 22.3 Å². The molecular weight excluding hydrogens is 340 g/mol. The maximum Gasteiger partial charge on any atom is 0.252 e. The molecule has 1 fully saturated rings. The molecule has 0 spiro atoms. The van der Waals surface area contributed by atoms with Gasteiger partial charge < -0.3 is 15.0 Å². The zero-order valence-electron chi connectivity index (χ0n) is 15.6. The van der Waals surface area contributed by atoms with E-state index in [-0.39, 0.29) is 5.91 Å². The number of hydrogen-bond donors (Lipinski definition) is 1. The molecule has 0 aliphatic carbocycles. The highest BCUT2D eigenvalue weighted by Crippen LogP contribution is 2.31. The van der Waals surface area contributed by atoms with Gasteiger partial charge in [-0.15, -0.1) is 0 Å². The first-order chi connectivity index (χ1) is 13.3. The summed E-state index contributed by atoms with van der Waals surface area (Å²) in [5.41, 5.74) is 3.18. The summed E-state index contributed by atoms with van der Waals surface area (Å²) < 4.78 is 5.34. The maximum absolute atomic E-state index is 12.4. The summed E-state index contributed by atoms with van der Waals surface area (Å²) in [5.74, 6) is 0.827. The first kappa shape index (κ1) is 17.9. The quantitative estimate of drug-likeness (QED) is 0.879. The molecule has 1 saturated heterocycles. The molecule has 142 valence electrons. The van der Waals surface area contributed by atoms with Gasteiger partial charge in [-0.1, -0.05) is 18.2 Å². The summed E-state index contributed by atoms with van der Waals surface area (Å²) >= 11 is 0. The molecular formula is C21H26N4O2. The average Bonchev–Trinajstić information content (AvgIpc) is 2.74. The monoisotopic (exact) mass is 366 g/mol. The predicted octanol–water partition coefficient (Wildman–Crippen LogP) is 2.23. The number of aryl methyl sites for hydroxylation is 1. The molecule has 4 rings (SSSR count). The number of benzene rings is 1. The standard InChI is InChI=1S/C21H26N4O2/c26-21(22-9-11-24-12-14-27-15-13-24)18-7-8-20(23-16-18)25-10-3-5-17-4-1-2-6-19(17)25/h1-2,4,6-8,16H,3,5,9-15H2,(H,22,26). The van der Waals surface area contributed by atoms with Gasteiger partial charge in [0.25, 0.3) is 5.91 Å². The van der Waals surface area contributed by atoms with Gasteiger partial charge in [0.15, 0.2) is 0 Å². The number of fused-ring (bicyclic) bond motifs is 1. The summed E-state index contributed by atoms with van der Waals surface area (Å²) in [7, 11) is 0. The molecule has 0 bridgehead atoms. The Morgan fingerprint density at radius 3 is 2.78 bits per heavy atom. The van der Waals surface area contributed by atoms with E-state index in [1.54, 1.807) is 6.20 Å². The summed E-state index contributed by atoms with van der Waals surface area (Å²) in [6.07, 6.45) is 3.90. The van der Waals surface area contributed by atoms with Gasteiger partial charge in [-0.3, -0.25) is 9.69 Å². The molecule has 2 aliphatic rings. The molecule has 6 heteroatoms. The van der Waals surface area contributed by atoms with Crippen molar-refractivity contribution >= 4 is 17.4 Å². The second-order valence-corrected chi connectivity index (χ2v) is 7.00. The maximum atomic E-state index is 12.4.